The summed E-state index contributed by atoms with van der Waals surface area (Å²) in [6, 6.07) is 0. The Hall–Kier alpha value is 0.120. The van der Waals surface area contributed by atoms with Crippen LogP contribution in [0.4, 0.5) is 0 Å². The van der Waals surface area contributed by atoms with Gasteiger partial charge in [-0.05, 0) is 32.1 Å². The van der Waals surface area contributed by atoms with Gasteiger partial charge in [0.2, 0.25) is 0 Å². The van der Waals surface area contributed by atoms with Crippen LogP contribution in [-0.2, 0) is 19.1 Å². The molecule has 0 bridgehead atoms. The maximum Gasteiger partial charge on any atom is 0.322 e. The Morgan fingerprint density at radius 3 is 1.85 bits per heavy atom. The molecule has 0 unspecified atom stereocenters. The molecule has 27 heavy (non-hydrogen) atoms. The van der Waals surface area contributed by atoms with Gasteiger partial charge in [-0.3, -0.25) is 4.79 Å². The van der Waals surface area contributed by atoms with Crippen molar-refractivity contribution in [2.75, 3.05) is 12.4 Å². The number of aliphatic hydroxyl groups is 1. The summed E-state index contributed by atoms with van der Waals surface area (Å²) in [5.41, 5.74) is 0. The molecule has 0 aliphatic heterocycles. The van der Waals surface area contributed by atoms with Crippen molar-refractivity contribution in [2.24, 2.45) is 0 Å². The maximum absolute atomic E-state index is 11.4. The number of aliphatic hydroxyl groups excluding tert-OH is 1. The Labute approximate surface area is 188 Å². The van der Waals surface area contributed by atoms with Gasteiger partial charge in [0, 0.05) is 36.0 Å². The normalized spacial score (nSPS) is 11.5. The number of unbranched alkanes of at least 4 members (excludes halogenated alkanes) is 11. The van der Waals surface area contributed by atoms with Gasteiger partial charge in [-0.25, -0.2) is 0 Å². The number of carbonyl (C=O) groups excluding carboxylic acids is 1. The summed E-state index contributed by atoms with van der Waals surface area (Å²) in [5.74, 6) is -1.26. The van der Waals surface area contributed by atoms with Gasteiger partial charge in [0.05, 0.1) is 6.61 Å². The van der Waals surface area contributed by atoms with Gasteiger partial charge in [-0.1, -0.05) is 70.4 Å². The van der Waals surface area contributed by atoms with E-state index in [1.54, 1.807) is 0 Å². The van der Waals surface area contributed by atoms with E-state index in [9.17, 15) is 13.2 Å². The molecule has 0 amide bonds. The van der Waals surface area contributed by atoms with Gasteiger partial charge < -0.3 is 9.29 Å². The average molecular weight is 414 g/mol. The first-order chi connectivity index (χ1) is 12.5. The van der Waals surface area contributed by atoms with Gasteiger partial charge in [0.1, 0.15) is 5.75 Å². The Kier molecular flexibility index (Phi) is 22.6. The summed E-state index contributed by atoms with van der Waals surface area (Å²) in [6.07, 6.45) is 19.9. The first kappa shape index (κ1) is 29.3. The predicted octanol–water partition coefficient (Wildman–Crippen LogP) is 4.51. The molecule has 0 spiro atoms. The van der Waals surface area contributed by atoms with E-state index in [4.69, 9.17) is 5.11 Å². The van der Waals surface area contributed by atoms with Crippen molar-refractivity contribution < 1.29 is 22.5 Å². The van der Waals surface area contributed by atoms with Crippen LogP contribution >= 0.6 is 0 Å². The van der Waals surface area contributed by atoms with E-state index in [0.717, 1.165) is 32.1 Å². The third kappa shape index (κ3) is 22.3. The molecule has 0 saturated heterocycles. The Morgan fingerprint density at radius 1 is 0.852 bits per heavy atom. The van der Waals surface area contributed by atoms with Crippen LogP contribution in [0.1, 0.15) is 96.8 Å². The third-order valence-electron chi connectivity index (χ3n) is 4.20. The van der Waals surface area contributed by atoms with Crippen molar-refractivity contribution in [2.45, 2.75) is 96.8 Å². The summed E-state index contributed by atoms with van der Waals surface area (Å²) in [6.45, 7) is 1.70. The number of rotatable bonds is 18. The van der Waals surface area contributed by atoms with Crippen molar-refractivity contribution in [3.05, 3.63) is 12.2 Å². The predicted molar refractivity (Wildman–Crippen MR) is 112 cm³/mol. The number of hydrogen-bond acceptors (Lipinski definition) is 5. The first-order valence-corrected chi connectivity index (χ1v) is 11.8. The van der Waals surface area contributed by atoms with E-state index in [0.29, 0.717) is 6.42 Å². The monoisotopic (exact) mass is 413 g/mol. The van der Waals surface area contributed by atoms with Crippen LogP contribution in [0.15, 0.2) is 12.2 Å². The summed E-state index contributed by atoms with van der Waals surface area (Å²) in [4.78, 5) is 11.4. The smallest absolute Gasteiger partial charge is 0.322 e. The number of hydrogen-bond donors (Lipinski definition) is 1. The van der Waals surface area contributed by atoms with E-state index < -0.39 is 28.4 Å². The van der Waals surface area contributed by atoms with Crippen molar-refractivity contribution in [3.8, 4) is 0 Å². The molecule has 155 valence electrons. The molecule has 1 radical (unpaired) electrons. The summed E-state index contributed by atoms with van der Waals surface area (Å²) < 4.78 is 26.7. The molecule has 0 rings (SSSR count). The topological polar surface area (TPSA) is 80.7 Å². The van der Waals surface area contributed by atoms with Crippen LogP contribution < -0.4 is 0 Å². The third-order valence-corrected chi connectivity index (χ3v) is 5.33. The largest absolute Gasteiger partial charge is 0.395 e. The van der Waals surface area contributed by atoms with E-state index in [1.165, 1.54) is 44.9 Å². The minimum Gasteiger partial charge on any atom is -0.395 e. The molecule has 0 aliphatic rings. The fourth-order valence-electron chi connectivity index (χ4n) is 2.68. The van der Waals surface area contributed by atoms with Crippen LogP contribution in [0.5, 0.6) is 0 Å². The molecule has 0 aromatic heterocycles. The Balaban J connectivity index is 0. The van der Waals surface area contributed by atoms with Crippen LogP contribution in [0.25, 0.3) is 0 Å². The molecule has 0 saturated carbocycles. The van der Waals surface area contributed by atoms with Crippen LogP contribution in [0, 0.1) is 0 Å². The molecule has 0 aliphatic carbocycles. The molecule has 7 heteroatoms. The zero-order chi connectivity index (χ0) is 19.5. The van der Waals surface area contributed by atoms with Gasteiger partial charge in [-0.2, -0.15) is 8.42 Å². The van der Waals surface area contributed by atoms with Crippen LogP contribution in [0.2, 0.25) is 0 Å². The first-order valence-electron chi connectivity index (χ1n) is 10.2. The minimum absolute atomic E-state index is 0. The van der Waals surface area contributed by atoms with Crippen LogP contribution in [-0.4, -0.2) is 61.4 Å². The average Bonchev–Trinajstić information content (AvgIpc) is 2.57. The second-order valence-electron chi connectivity index (χ2n) is 6.78. The quantitative estimate of drug-likeness (QED) is 0.155. The second kappa shape index (κ2) is 20.8. The standard InChI is InChI=1S/C20H38O5S.Na/c1-2-3-4-5-6-7-8-9-10-11-12-13-14-15-16-17-20(22)25-26(23,24)19-18-21;/h9-10,21H,2-8,11-19H2,1H3;. The maximum atomic E-state index is 11.4. The van der Waals surface area contributed by atoms with Gasteiger partial charge in [-0.15, -0.1) is 0 Å². The van der Waals surface area contributed by atoms with Gasteiger partial charge in [0.25, 0.3) is 0 Å². The number of carbonyl (C=O) groups is 1. The van der Waals surface area contributed by atoms with Crippen molar-refractivity contribution in [1.29, 1.82) is 0 Å². The molecule has 5 nitrogen and oxygen atoms in total. The molecule has 0 aromatic rings. The van der Waals surface area contributed by atoms with E-state index in [2.05, 4.69) is 23.3 Å². The SMILES string of the molecule is CCCCCCCCC=CCCCCCCCC(=O)OS(=O)(=O)CCO.[Na]. The molecule has 0 atom stereocenters. The molecular weight excluding hydrogens is 375 g/mol. The zero-order valence-corrected chi connectivity index (χ0v) is 20.3. The van der Waals surface area contributed by atoms with E-state index >= 15 is 0 Å². The Bertz CT molecular complexity index is 463. The van der Waals surface area contributed by atoms with Gasteiger partial charge >= 0.3 is 16.1 Å². The fraction of sp³-hybridized carbons (Fsp3) is 0.850. The van der Waals surface area contributed by atoms with Gasteiger partial charge in [0.15, 0.2) is 0 Å². The minimum atomic E-state index is -3.91. The molecule has 1 N–H and O–H groups in total. The van der Waals surface area contributed by atoms with E-state index in [-0.39, 0.29) is 36.0 Å². The molecule has 0 aromatic carbocycles. The molecule has 0 heterocycles. The van der Waals surface area contributed by atoms with Crippen molar-refractivity contribution in [1.82, 2.24) is 0 Å². The Morgan fingerprint density at radius 2 is 1.33 bits per heavy atom. The van der Waals surface area contributed by atoms with E-state index in [1.807, 2.05) is 0 Å². The summed E-state index contributed by atoms with van der Waals surface area (Å²) in [7, 11) is -3.91. The van der Waals surface area contributed by atoms with Crippen LogP contribution in [0.3, 0.4) is 0 Å². The fourth-order valence-corrected chi connectivity index (χ4v) is 3.35. The van der Waals surface area contributed by atoms with Crippen molar-refractivity contribution in [3.63, 3.8) is 0 Å². The molecular formula is C20H38NaO5S. The zero-order valence-electron chi connectivity index (χ0n) is 17.5. The summed E-state index contributed by atoms with van der Waals surface area (Å²) >= 11 is 0. The summed E-state index contributed by atoms with van der Waals surface area (Å²) in [5, 5.41) is 8.56. The van der Waals surface area contributed by atoms with Crippen molar-refractivity contribution >= 4 is 45.6 Å². The second-order valence-corrected chi connectivity index (χ2v) is 8.47. The molecule has 0 fully saturated rings. The number of allylic oxidation sites excluding steroid dienone is 2.